The summed E-state index contributed by atoms with van der Waals surface area (Å²) in [4.78, 5) is 27.5. The van der Waals surface area contributed by atoms with Gasteiger partial charge in [0.15, 0.2) is 0 Å². The first-order valence-corrected chi connectivity index (χ1v) is 8.17. The Kier molecular flexibility index (Phi) is 2.13. The number of carbonyl (C=O) groups excluding carboxylic acids is 2. The topological polar surface area (TPSA) is 37.4 Å². The zero-order chi connectivity index (χ0) is 15.2. The zero-order valence-electron chi connectivity index (χ0n) is 12.9. The first-order valence-electron chi connectivity index (χ1n) is 8.17. The second kappa shape index (κ2) is 3.70. The van der Waals surface area contributed by atoms with Crippen molar-refractivity contribution in [3.05, 3.63) is 41.5 Å². The van der Waals surface area contributed by atoms with Gasteiger partial charge in [0.1, 0.15) is 0 Å². The summed E-state index contributed by atoms with van der Waals surface area (Å²) >= 11 is 0. The Morgan fingerprint density at radius 1 is 0.909 bits per heavy atom. The van der Waals surface area contributed by atoms with Crippen LogP contribution in [0.4, 0.5) is 5.69 Å². The molecule has 3 nitrogen and oxygen atoms in total. The highest BCUT2D eigenvalue weighted by molar-refractivity contribution is 6.23. The lowest BCUT2D eigenvalue weighted by Crippen LogP contribution is -2.34. The van der Waals surface area contributed by atoms with Gasteiger partial charge in [-0.2, -0.15) is 0 Å². The van der Waals surface area contributed by atoms with Gasteiger partial charge in [0.2, 0.25) is 11.8 Å². The normalized spacial score (nSPS) is 36.5. The third-order valence-electron chi connectivity index (χ3n) is 6.32. The SMILES string of the molecule is Cc1cc(C)cc(N2C(=O)[C@@H]3[C@H](C2=O)[C@H]2C=C[C@@H]3C23CC3)c1. The standard InChI is InChI=1S/C19H19NO2/c1-10-7-11(2)9-12(8-10)20-17(21)15-13-3-4-14(16(15)18(20)22)19(13)5-6-19/h3-4,7-9,13-16H,5-6H2,1-2H3/t13-,14+,15-,16+. The zero-order valence-corrected chi connectivity index (χ0v) is 12.9. The predicted molar refractivity (Wildman–Crippen MR) is 83.2 cm³/mol. The quantitative estimate of drug-likeness (QED) is 0.589. The van der Waals surface area contributed by atoms with Gasteiger partial charge in [-0.3, -0.25) is 9.59 Å². The van der Waals surface area contributed by atoms with Gasteiger partial charge in [-0.25, -0.2) is 4.90 Å². The van der Waals surface area contributed by atoms with E-state index in [9.17, 15) is 9.59 Å². The van der Waals surface area contributed by atoms with Crippen molar-refractivity contribution in [1.82, 2.24) is 0 Å². The average Bonchev–Trinajstić information content (AvgIpc) is 3.04. The van der Waals surface area contributed by atoms with Crippen LogP contribution in [0.5, 0.6) is 0 Å². The van der Waals surface area contributed by atoms with E-state index in [1.54, 1.807) is 0 Å². The number of amides is 2. The summed E-state index contributed by atoms with van der Waals surface area (Å²) in [5, 5.41) is 0. The summed E-state index contributed by atoms with van der Waals surface area (Å²) in [7, 11) is 0. The van der Waals surface area contributed by atoms with Crippen LogP contribution < -0.4 is 4.90 Å². The maximum absolute atomic E-state index is 13.0. The maximum atomic E-state index is 13.0. The van der Waals surface area contributed by atoms with Crippen LogP contribution in [0.3, 0.4) is 0 Å². The molecule has 0 unspecified atom stereocenters. The van der Waals surface area contributed by atoms with Crippen molar-refractivity contribution in [2.75, 3.05) is 4.90 Å². The van der Waals surface area contributed by atoms with Gasteiger partial charge in [0.05, 0.1) is 17.5 Å². The molecule has 0 aromatic heterocycles. The molecule has 5 rings (SSSR count). The molecule has 112 valence electrons. The molecule has 3 heteroatoms. The second-order valence-corrected chi connectivity index (χ2v) is 7.58. The largest absolute Gasteiger partial charge is 0.274 e. The Labute approximate surface area is 130 Å². The fourth-order valence-corrected chi connectivity index (χ4v) is 5.41. The summed E-state index contributed by atoms with van der Waals surface area (Å²) in [5.41, 5.74) is 3.21. The van der Waals surface area contributed by atoms with Crippen molar-refractivity contribution >= 4 is 17.5 Å². The molecule has 1 aromatic rings. The number of anilines is 1. The highest BCUT2D eigenvalue weighted by atomic mass is 16.2. The summed E-state index contributed by atoms with van der Waals surface area (Å²) in [6.07, 6.45) is 6.81. The molecule has 4 aliphatic rings. The van der Waals surface area contributed by atoms with Crippen LogP contribution in [-0.4, -0.2) is 11.8 Å². The molecule has 1 aromatic carbocycles. The highest BCUT2D eigenvalue weighted by Gasteiger charge is 2.73. The lowest BCUT2D eigenvalue weighted by Gasteiger charge is -2.22. The number of allylic oxidation sites excluding steroid dienone is 2. The van der Waals surface area contributed by atoms with Crippen LogP contribution in [0.25, 0.3) is 0 Å². The molecular weight excluding hydrogens is 274 g/mol. The number of hydrogen-bond donors (Lipinski definition) is 0. The van der Waals surface area contributed by atoms with E-state index in [1.165, 1.54) is 17.7 Å². The first kappa shape index (κ1) is 12.6. The minimum Gasteiger partial charge on any atom is -0.274 e. The van der Waals surface area contributed by atoms with Crippen molar-refractivity contribution in [3.8, 4) is 0 Å². The Hall–Kier alpha value is -1.90. The van der Waals surface area contributed by atoms with Gasteiger partial charge >= 0.3 is 0 Å². The monoisotopic (exact) mass is 293 g/mol. The van der Waals surface area contributed by atoms with Gasteiger partial charge in [-0.15, -0.1) is 0 Å². The molecule has 1 aliphatic heterocycles. The van der Waals surface area contributed by atoms with Crippen molar-refractivity contribution in [2.24, 2.45) is 29.1 Å². The van der Waals surface area contributed by atoms with Crippen molar-refractivity contribution < 1.29 is 9.59 Å². The molecule has 3 aliphatic carbocycles. The predicted octanol–water partition coefficient (Wildman–Crippen LogP) is 3.01. The van der Waals surface area contributed by atoms with Gasteiger partial charge in [0, 0.05) is 0 Å². The van der Waals surface area contributed by atoms with E-state index < -0.39 is 0 Å². The Morgan fingerprint density at radius 2 is 1.41 bits per heavy atom. The lowest BCUT2D eigenvalue weighted by molar-refractivity contribution is -0.123. The average molecular weight is 293 g/mol. The van der Waals surface area contributed by atoms with Gasteiger partial charge in [-0.1, -0.05) is 18.2 Å². The summed E-state index contributed by atoms with van der Waals surface area (Å²) in [6, 6.07) is 5.97. The van der Waals surface area contributed by atoms with E-state index in [0.29, 0.717) is 11.8 Å². The van der Waals surface area contributed by atoms with E-state index in [1.807, 2.05) is 26.0 Å². The number of hydrogen-bond acceptors (Lipinski definition) is 2. The highest BCUT2D eigenvalue weighted by Crippen LogP contribution is 2.73. The van der Waals surface area contributed by atoms with Crippen LogP contribution in [0.1, 0.15) is 24.0 Å². The van der Waals surface area contributed by atoms with Crippen LogP contribution in [0.2, 0.25) is 0 Å². The van der Waals surface area contributed by atoms with Crippen LogP contribution in [0.15, 0.2) is 30.4 Å². The fourth-order valence-electron chi connectivity index (χ4n) is 5.41. The smallest absolute Gasteiger partial charge is 0.238 e. The molecule has 0 radical (unpaired) electrons. The van der Waals surface area contributed by atoms with Crippen LogP contribution in [0, 0.1) is 42.9 Å². The first-order chi connectivity index (χ1) is 10.5. The molecule has 2 saturated carbocycles. The molecule has 0 N–H and O–H groups in total. The van der Waals surface area contributed by atoms with Crippen molar-refractivity contribution in [1.29, 1.82) is 0 Å². The molecule has 2 amide bonds. The second-order valence-electron chi connectivity index (χ2n) is 7.58. The molecule has 1 saturated heterocycles. The molecular formula is C19H19NO2. The van der Waals surface area contributed by atoms with Crippen molar-refractivity contribution in [3.63, 3.8) is 0 Å². The third kappa shape index (κ3) is 1.29. The van der Waals surface area contributed by atoms with Crippen molar-refractivity contribution in [2.45, 2.75) is 26.7 Å². The molecule has 4 atom stereocenters. The van der Waals surface area contributed by atoms with E-state index in [0.717, 1.165) is 16.8 Å². The molecule has 3 fully saturated rings. The summed E-state index contributed by atoms with van der Waals surface area (Å²) in [6.45, 7) is 4.01. The molecule has 22 heavy (non-hydrogen) atoms. The van der Waals surface area contributed by atoms with E-state index >= 15 is 0 Å². The van der Waals surface area contributed by atoms with E-state index in [4.69, 9.17) is 0 Å². The van der Waals surface area contributed by atoms with Crippen LogP contribution in [-0.2, 0) is 9.59 Å². The Bertz CT molecular complexity index is 704. The fraction of sp³-hybridized carbons (Fsp3) is 0.474. The van der Waals surface area contributed by atoms with E-state index in [-0.39, 0.29) is 29.1 Å². The number of fused-ring (bicyclic) bond motifs is 3. The number of aryl methyl sites for hydroxylation is 2. The Balaban J connectivity index is 1.59. The summed E-state index contributed by atoms with van der Waals surface area (Å²) in [5.74, 6) is 0.451. The third-order valence-corrected chi connectivity index (χ3v) is 6.32. The number of imide groups is 1. The number of carbonyl (C=O) groups is 2. The minimum atomic E-state index is -0.106. The number of rotatable bonds is 1. The maximum Gasteiger partial charge on any atom is 0.238 e. The summed E-state index contributed by atoms with van der Waals surface area (Å²) < 4.78 is 0. The number of benzene rings is 1. The van der Waals surface area contributed by atoms with Gasteiger partial charge < -0.3 is 0 Å². The van der Waals surface area contributed by atoms with Gasteiger partial charge in [0.25, 0.3) is 0 Å². The van der Waals surface area contributed by atoms with Crippen LogP contribution >= 0.6 is 0 Å². The Morgan fingerprint density at radius 3 is 1.86 bits per heavy atom. The molecule has 2 bridgehead atoms. The number of nitrogens with zero attached hydrogens (tertiary/aromatic N) is 1. The van der Waals surface area contributed by atoms with Gasteiger partial charge in [-0.05, 0) is 67.2 Å². The molecule has 1 heterocycles. The lowest BCUT2D eigenvalue weighted by atomic mass is 9.85. The minimum absolute atomic E-state index is 0.0307. The molecule has 1 spiro atoms. The van der Waals surface area contributed by atoms with E-state index in [2.05, 4.69) is 18.2 Å².